The minimum Gasteiger partial charge on any atom is -0.502 e. The molecule has 4 aromatic carbocycles. The van der Waals surface area contributed by atoms with E-state index in [4.69, 9.17) is 4.74 Å². The van der Waals surface area contributed by atoms with Gasteiger partial charge in [0.25, 0.3) is 10.9 Å². The van der Waals surface area contributed by atoms with Crippen molar-refractivity contribution in [2.45, 2.75) is 12.7 Å². The Balaban J connectivity index is 1.23. The lowest BCUT2D eigenvalue weighted by atomic mass is 10.0. The van der Waals surface area contributed by atoms with E-state index in [0.717, 1.165) is 23.1 Å². The van der Waals surface area contributed by atoms with Gasteiger partial charge in [-0.25, -0.2) is 5.10 Å². The van der Waals surface area contributed by atoms with Gasteiger partial charge in [0.1, 0.15) is 18.0 Å². The normalized spacial score (nSPS) is 11.8. The summed E-state index contributed by atoms with van der Waals surface area (Å²) in [5, 5.41) is 31.8. The molecule has 0 aliphatic heterocycles. The Morgan fingerprint density at radius 1 is 0.951 bits per heavy atom. The Bertz CT molecular complexity index is 1940. The van der Waals surface area contributed by atoms with Crippen LogP contribution in [0.3, 0.4) is 0 Å². The Labute approximate surface area is 227 Å². The molecule has 0 saturated heterocycles. The number of rotatable bonds is 8. The molecule has 0 radical (unpaired) electrons. The van der Waals surface area contributed by atoms with Crippen molar-refractivity contribution < 1.29 is 23.0 Å². The lowest BCUT2D eigenvalue weighted by molar-refractivity contribution is -0.137. The highest BCUT2D eigenvalue weighted by atomic mass is 19.4. The molecule has 11 nitrogen and oxygen atoms in total. The van der Waals surface area contributed by atoms with Gasteiger partial charge < -0.3 is 15.2 Å². The molecule has 0 fully saturated rings. The number of hydrogen-bond acceptors (Lipinski definition) is 9. The first-order valence-electron chi connectivity index (χ1n) is 12.1. The standard InChI is InChI=1S/C27H18F3N7O4/c28-27(29,30)18-3-5-20(6-4-18)41-8-7-37-13-15-2-1-14(12-21(15)34-37)16-9-17(26-32-35-36-33-26)11-19(10-16)31-22-23(38)25(40)24(22)39/h1-6,9-13,31,38H,7-8H2,(H,32,33,35,36). The molecule has 0 unspecified atom stereocenters. The molecule has 206 valence electrons. The molecular formula is C27H18F3N7O4. The van der Waals surface area contributed by atoms with Gasteiger partial charge in [0, 0.05) is 22.8 Å². The van der Waals surface area contributed by atoms with Gasteiger partial charge in [-0.3, -0.25) is 14.3 Å². The number of aromatic amines is 1. The van der Waals surface area contributed by atoms with Crippen molar-refractivity contribution in [2.75, 3.05) is 11.9 Å². The van der Waals surface area contributed by atoms with Gasteiger partial charge in [-0.15, -0.1) is 5.10 Å². The van der Waals surface area contributed by atoms with Crippen LogP contribution in [0.25, 0.3) is 33.4 Å². The van der Waals surface area contributed by atoms with E-state index in [-0.39, 0.29) is 12.3 Å². The lowest BCUT2D eigenvalue weighted by Crippen LogP contribution is -2.32. The number of halogens is 3. The number of nitrogens with one attached hydrogen (secondary N) is 2. The first-order chi connectivity index (χ1) is 19.7. The summed E-state index contributed by atoms with van der Waals surface area (Å²) < 4.78 is 45.5. The summed E-state index contributed by atoms with van der Waals surface area (Å²) >= 11 is 0. The number of alkyl halides is 3. The van der Waals surface area contributed by atoms with Gasteiger partial charge in [0.2, 0.25) is 0 Å². The van der Waals surface area contributed by atoms with Crippen LogP contribution in [0.15, 0.2) is 76.4 Å². The van der Waals surface area contributed by atoms with Crippen LogP contribution in [0.5, 0.6) is 11.5 Å². The van der Waals surface area contributed by atoms with E-state index in [1.165, 1.54) is 12.1 Å². The molecule has 0 bridgehead atoms. The molecule has 6 aromatic rings. The first-order valence-corrected chi connectivity index (χ1v) is 12.1. The second-order valence-corrected chi connectivity index (χ2v) is 9.09. The second kappa shape index (κ2) is 9.89. The van der Waals surface area contributed by atoms with Gasteiger partial charge in [0.05, 0.1) is 17.6 Å². The van der Waals surface area contributed by atoms with Crippen molar-refractivity contribution in [1.29, 1.82) is 0 Å². The number of nitrogens with zero attached hydrogens (tertiary/aromatic N) is 5. The summed E-state index contributed by atoms with van der Waals surface area (Å²) in [6.07, 6.45) is -2.58. The van der Waals surface area contributed by atoms with E-state index < -0.39 is 28.3 Å². The minimum absolute atomic E-state index is 0.193. The zero-order valence-corrected chi connectivity index (χ0v) is 20.8. The number of benzene rings is 3. The Kier molecular flexibility index (Phi) is 6.21. The van der Waals surface area contributed by atoms with Gasteiger partial charge in [-0.05, 0) is 70.1 Å². The summed E-state index contributed by atoms with van der Waals surface area (Å²) in [5.41, 5.74) is 0.462. The third-order valence-corrected chi connectivity index (χ3v) is 6.37. The summed E-state index contributed by atoms with van der Waals surface area (Å²) in [4.78, 5) is 23.3. The van der Waals surface area contributed by atoms with Gasteiger partial charge >= 0.3 is 6.18 Å². The minimum atomic E-state index is -4.41. The quantitative estimate of drug-likeness (QED) is 0.234. The van der Waals surface area contributed by atoms with E-state index in [9.17, 15) is 27.9 Å². The van der Waals surface area contributed by atoms with Crippen molar-refractivity contribution >= 4 is 22.3 Å². The van der Waals surface area contributed by atoms with Gasteiger partial charge in [-0.1, -0.05) is 12.1 Å². The monoisotopic (exact) mass is 561 g/mol. The van der Waals surface area contributed by atoms with E-state index in [1.807, 2.05) is 30.5 Å². The lowest BCUT2D eigenvalue weighted by Gasteiger charge is -2.12. The zero-order chi connectivity index (χ0) is 28.7. The van der Waals surface area contributed by atoms with Crippen LogP contribution in [0.1, 0.15) is 5.56 Å². The molecule has 0 spiro atoms. The molecule has 0 saturated carbocycles. The van der Waals surface area contributed by atoms with Crippen LogP contribution in [-0.4, -0.2) is 42.1 Å². The highest BCUT2D eigenvalue weighted by Crippen LogP contribution is 2.33. The number of hydrogen-bond donors (Lipinski definition) is 3. The van der Waals surface area contributed by atoms with Gasteiger partial charge in [-0.2, -0.15) is 18.3 Å². The summed E-state index contributed by atoms with van der Waals surface area (Å²) in [6.45, 7) is 0.552. The van der Waals surface area contributed by atoms with Crippen molar-refractivity contribution in [1.82, 2.24) is 30.4 Å². The third-order valence-electron chi connectivity index (χ3n) is 6.37. The smallest absolute Gasteiger partial charge is 0.416 e. The number of anilines is 2. The van der Waals surface area contributed by atoms with Crippen LogP contribution in [0, 0.1) is 0 Å². The summed E-state index contributed by atoms with van der Waals surface area (Å²) in [5.74, 6) is 0.0559. The molecular weight excluding hydrogens is 543 g/mol. The SMILES string of the molecule is O=c1c(O)c(Nc2cc(-c3ccc4cn(CCOc5ccc(C(F)(F)F)cc5)nc4c3)cc(-c3nnn[nH]3)c2)c1=O. The zero-order valence-electron chi connectivity index (χ0n) is 20.8. The molecule has 41 heavy (non-hydrogen) atoms. The largest absolute Gasteiger partial charge is 0.502 e. The predicted octanol–water partition coefficient (Wildman–Crippen LogP) is 4.03. The van der Waals surface area contributed by atoms with Crippen molar-refractivity contribution in [3.05, 3.63) is 92.9 Å². The predicted molar refractivity (Wildman–Crippen MR) is 142 cm³/mol. The maximum absolute atomic E-state index is 12.7. The van der Waals surface area contributed by atoms with E-state index in [0.29, 0.717) is 40.4 Å². The maximum atomic E-state index is 12.7. The number of tetrazole rings is 1. The maximum Gasteiger partial charge on any atom is 0.416 e. The van der Waals surface area contributed by atoms with E-state index >= 15 is 0 Å². The number of H-pyrrole nitrogens is 1. The van der Waals surface area contributed by atoms with E-state index in [2.05, 4.69) is 31.0 Å². The summed E-state index contributed by atoms with van der Waals surface area (Å²) in [7, 11) is 0. The van der Waals surface area contributed by atoms with Crippen LogP contribution in [0.4, 0.5) is 24.5 Å². The van der Waals surface area contributed by atoms with Crippen molar-refractivity contribution in [3.8, 4) is 34.0 Å². The molecule has 6 rings (SSSR count). The average molecular weight is 561 g/mol. The van der Waals surface area contributed by atoms with E-state index in [1.54, 1.807) is 16.8 Å². The fourth-order valence-corrected chi connectivity index (χ4v) is 4.28. The average Bonchev–Trinajstić information content (AvgIpc) is 3.65. The second-order valence-electron chi connectivity index (χ2n) is 9.09. The molecule has 2 aromatic heterocycles. The van der Waals surface area contributed by atoms with Gasteiger partial charge in [0.15, 0.2) is 11.6 Å². The summed E-state index contributed by atoms with van der Waals surface area (Å²) in [6, 6.07) is 15.3. The van der Waals surface area contributed by atoms with Crippen LogP contribution < -0.4 is 20.9 Å². The molecule has 0 aliphatic carbocycles. The molecule has 2 heterocycles. The van der Waals surface area contributed by atoms with Crippen LogP contribution in [-0.2, 0) is 12.7 Å². The Morgan fingerprint density at radius 3 is 2.44 bits per heavy atom. The fourth-order valence-electron chi connectivity index (χ4n) is 4.28. The number of aromatic nitrogens is 6. The molecule has 0 aliphatic rings. The Morgan fingerprint density at radius 2 is 1.73 bits per heavy atom. The fraction of sp³-hybridized carbons (Fsp3) is 0.111. The van der Waals surface area contributed by atoms with Crippen molar-refractivity contribution in [3.63, 3.8) is 0 Å². The molecule has 0 atom stereocenters. The number of aromatic hydroxyl groups is 1. The topological polar surface area (TPSA) is 148 Å². The first kappa shape index (κ1) is 25.7. The number of fused-ring (bicyclic) bond motifs is 1. The highest BCUT2D eigenvalue weighted by molar-refractivity contribution is 5.86. The van der Waals surface area contributed by atoms with Crippen molar-refractivity contribution in [2.24, 2.45) is 0 Å². The Hall–Kier alpha value is -5.53. The van der Waals surface area contributed by atoms with Crippen LogP contribution in [0.2, 0.25) is 0 Å². The molecule has 3 N–H and O–H groups in total. The number of ether oxygens (including phenoxy) is 1. The third kappa shape index (κ3) is 5.09. The molecule has 0 amide bonds. The molecule has 14 heteroatoms. The van der Waals surface area contributed by atoms with Crippen LogP contribution >= 0.6 is 0 Å². The highest BCUT2D eigenvalue weighted by Gasteiger charge is 2.30.